The molecule has 3 nitrogen and oxygen atoms in total. The number of hydrogen-bond acceptors (Lipinski definition) is 3. The summed E-state index contributed by atoms with van der Waals surface area (Å²) in [5, 5.41) is 0. The zero-order valence-corrected chi connectivity index (χ0v) is 11.1. The topological polar surface area (TPSA) is 52.3 Å². The number of alkyl halides is 1. The lowest BCUT2D eigenvalue weighted by Crippen LogP contribution is -2.05. The molecule has 98 valence electrons. The van der Waals surface area contributed by atoms with Crippen LogP contribution in [0.4, 0.5) is 5.69 Å². The number of nitrogen functional groups attached to an aromatic ring is 1. The van der Waals surface area contributed by atoms with Crippen LogP contribution in [-0.2, 0) is 6.61 Å². The molecule has 2 aromatic carbocycles. The van der Waals surface area contributed by atoms with Crippen molar-refractivity contribution in [2.75, 3.05) is 11.6 Å². The molecule has 0 aliphatic heterocycles. The molecular weight excluding hydrogens is 262 g/mol. The van der Waals surface area contributed by atoms with Crippen LogP contribution in [0.25, 0.3) is 0 Å². The van der Waals surface area contributed by atoms with Gasteiger partial charge in [-0.3, -0.25) is 4.79 Å². The Balaban J connectivity index is 2.11. The van der Waals surface area contributed by atoms with Gasteiger partial charge in [0.1, 0.15) is 12.4 Å². The van der Waals surface area contributed by atoms with Crippen molar-refractivity contribution in [3.05, 3.63) is 59.7 Å². The van der Waals surface area contributed by atoms with Crippen LogP contribution in [-0.4, -0.2) is 11.7 Å². The van der Waals surface area contributed by atoms with Crippen LogP contribution in [0.2, 0.25) is 0 Å². The molecule has 2 N–H and O–H groups in total. The van der Waals surface area contributed by atoms with Gasteiger partial charge in [-0.15, -0.1) is 11.6 Å². The lowest BCUT2D eigenvalue weighted by molar-refractivity contribution is 0.102. The highest BCUT2D eigenvalue weighted by Gasteiger charge is 2.10. The summed E-state index contributed by atoms with van der Waals surface area (Å²) >= 11 is 5.54. The second-order valence-electron chi connectivity index (χ2n) is 4.08. The predicted octanol–water partition coefficient (Wildman–Crippen LogP) is 3.27. The first kappa shape index (κ1) is 13.4. The largest absolute Gasteiger partial charge is 0.489 e. The van der Waals surface area contributed by atoms with Crippen LogP contribution in [0.3, 0.4) is 0 Å². The number of carbonyl (C=O) groups excluding carboxylic acids is 1. The van der Waals surface area contributed by atoms with E-state index < -0.39 is 0 Å². The molecule has 0 unspecified atom stereocenters. The molecule has 0 saturated heterocycles. The number of nitrogens with two attached hydrogens (primary N) is 1. The Morgan fingerprint density at radius 1 is 1.16 bits per heavy atom. The quantitative estimate of drug-likeness (QED) is 0.518. The first-order chi connectivity index (χ1) is 9.20. The van der Waals surface area contributed by atoms with E-state index in [1.807, 2.05) is 30.3 Å². The number of anilines is 1. The summed E-state index contributed by atoms with van der Waals surface area (Å²) in [6.07, 6.45) is 0. The molecule has 0 spiro atoms. The maximum Gasteiger partial charge on any atom is 0.179 e. The van der Waals surface area contributed by atoms with Crippen molar-refractivity contribution in [3.8, 4) is 5.75 Å². The van der Waals surface area contributed by atoms with E-state index in [4.69, 9.17) is 22.1 Å². The van der Waals surface area contributed by atoms with E-state index in [0.29, 0.717) is 23.6 Å². The van der Waals surface area contributed by atoms with Crippen molar-refractivity contribution in [1.82, 2.24) is 0 Å². The molecular formula is C15H14ClNO2. The van der Waals surface area contributed by atoms with Crippen LogP contribution < -0.4 is 10.5 Å². The molecule has 2 rings (SSSR count). The zero-order valence-electron chi connectivity index (χ0n) is 10.3. The number of ketones is 1. The summed E-state index contributed by atoms with van der Waals surface area (Å²) in [7, 11) is 0. The summed E-state index contributed by atoms with van der Waals surface area (Å²) in [6.45, 7) is 0.444. The van der Waals surface area contributed by atoms with Crippen LogP contribution in [0.5, 0.6) is 5.75 Å². The number of Topliss-reactive ketones (excluding diaryl/α,β-unsaturated/α-hetero) is 1. The molecule has 0 heterocycles. The molecule has 4 heteroatoms. The SMILES string of the molecule is Nc1ccc(OCc2ccccc2)cc1C(=O)CCl. The van der Waals surface area contributed by atoms with E-state index >= 15 is 0 Å². The standard InChI is InChI=1S/C15H14ClNO2/c16-9-15(18)13-8-12(6-7-14(13)17)19-10-11-4-2-1-3-5-11/h1-8H,9-10,17H2. The molecule has 0 aromatic heterocycles. The highest BCUT2D eigenvalue weighted by molar-refractivity contribution is 6.31. The molecule has 0 atom stereocenters. The maximum absolute atomic E-state index is 11.6. The van der Waals surface area contributed by atoms with Gasteiger partial charge < -0.3 is 10.5 Å². The van der Waals surface area contributed by atoms with Gasteiger partial charge in [-0.05, 0) is 23.8 Å². The van der Waals surface area contributed by atoms with Crippen molar-refractivity contribution in [2.24, 2.45) is 0 Å². The Hall–Kier alpha value is -2.00. The Bertz CT molecular complexity index is 570. The number of carbonyl (C=O) groups is 1. The van der Waals surface area contributed by atoms with E-state index in [-0.39, 0.29) is 11.7 Å². The van der Waals surface area contributed by atoms with Gasteiger partial charge in [0.15, 0.2) is 5.78 Å². The van der Waals surface area contributed by atoms with Gasteiger partial charge in [0.05, 0.1) is 5.88 Å². The predicted molar refractivity (Wildman–Crippen MR) is 76.7 cm³/mol. The first-order valence-corrected chi connectivity index (χ1v) is 6.39. The van der Waals surface area contributed by atoms with Crippen molar-refractivity contribution < 1.29 is 9.53 Å². The molecule has 2 aromatic rings. The molecule has 0 aliphatic rings. The van der Waals surface area contributed by atoms with E-state index in [9.17, 15) is 4.79 Å². The average molecular weight is 276 g/mol. The first-order valence-electron chi connectivity index (χ1n) is 5.86. The van der Waals surface area contributed by atoms with E-state index in [1.54, 1.807) is 18.2 Å². The third-order valence-corrected chi connectivity index (χ3v) is 2.94. The van der Waals surface area contributed by atoms with Gasteiger partial charge in [0.2, 0.25) is 0 Å². The van der Waals surface area contributed by atoms with Crippen LogP contribution in [0.1, 0.15) is 15.9 Å². The number of rotatable bonds is 5. The molecule has 0 fully saturated rings. The second-order valence-corrected chi connectivity index (χ2v) is 4.35. The minimum Gasteiger partial charge on any atom is -0.489 e. The Kier molecular flexibility index (Phi) is 4.42. The minimum absolute atomic E-state index is 0.0909. The van der Waals surface area contributed by atoms with Crippen molar-refractivity contribution in [1.29, 1.82) is 0 Å². The van der Waals surface area contributed by atoms with Crippen molar-refractivity contribution >= 4 is 23.1 Å². The van der Waals surface area contributed by atoms with E-state index in [1.165, 1.54) is 0 Å². The highest BCUT2D eigenvalue weighted by Crippen LogP contribution is 2.21. The minimum atomic E-state index is -0.204. The molecule has 19 heavy (non-hydrogen) atoms. The van der Waals surface area contributed by atoms with Crippen LogP contribution in [0.15, 0.2) is 48.5 Å². The molecule has 0 saturated carbocycles. The summed E-state index contributed by atoms with van der Waals surface area (Å²) in [4.78, 5) is 11.6. The average Bonchev–Trinajstić information content (AvgIpc) is 2.46. The highest BCUT2D eigenvalue weighted by atomic mass is 35.5. The maximum atomic E-state index is 11.6. The number of halogens is 1. The van der Waals surface area contributed by atoms with Gasteiger partial charge in [-0.2, -0.15) is 0 Å². The van der Waals surface area contributed by atoms with Gasteiger partial charge in [0, 0.05) is 11.3 Å². The molecule has 0 aliphatic carbocycles. The number of benzene rings is 2. The summed E-state index contributed by atoms with van der Waals surface area (Å²) < 4.78 is 5.63. The summed E-state index contributed by atoms with van der Waals surface area (Å²) in [5.41, 5.74) is 7.62. The van der Waals surface area contributed by atoms with Crippen LogP contribution in [0, 0.1) is 0 Å². The lowest BCUT2D eigenvalue weighted by Gasteiger charge is -2.09. The van der Waals surface area contributed by atoms with Crippen molar-refractivity contribution in [3.63, 3.8) is 0 Å². The zero-order chi connectivity index (χ0) is 13.7. The Morgan fingerprint density at radius 2 is 1.89 bits per heavy atom. The number of ether oxygens (including phenoxy) is 1. The fourth-order valence-electron chi connectivity index (χ4n) is 1.68. The number of hydrogen-bond donors (Lipinski definition) is 1. The molecule has 0 bridgehead atoms. The molecule has 0 radical (unpaired) electrons. The fourth-order valence-corrected chi connectivity index (χ4v) is 1.82. The van der Waals surface area contributed by atoms with Crippen LogP contribution >= 0.6 is 11.6 Å². The summed E-state index contributed by atoms with van der Waals surface area (Å²) in [6, 6.07) is 14.8. The van der Waals surface area contributed by atoms with E-state index in [2.05, 4.69) is 0 Å². The Morgan fingerprint density at radius 3 is 2.58 bits per heavy atom. The van der Waals surface area contributed by atoms with Crippen molar-refractivity contribution in [2.45, 2.75) is 6.61 Å². The van der Waals surface area contributed by atoms with Gasteiger partial charge >= 0.3 is 0 Å². The van der Waals surface area contributed by atoms with Gasteiger partial charge in [-0.1, -0.05) is 30.3 Å². The fraction of sp³-hybridized carbons (Fsp3) is 0.133. The normalized spacial score (nSPS) is 10.2. The smallest absolute Gasteiger partial charge is 0.179 e. The lowest BCUT2D eigenvalue weighted by atomic mass is 10.1. The molecule has 0 amide bonds. The third-order valence-electron chi connectivity index (χ3n) is 2.69. The Labute approximate surface area is 117 Å². The van der Waals surface area contributed by atoms with Gasteiger partial charge in [0.25, 0.3) is 0 Å². The summed E-state index contributed by atoms with van der Waals surface area (Å²) in [5.74, 6) is 0.308. The van der Waals surface area contributed by atoms with E-state index in [0.717, 1.165) is 5.56 Å². The monoisotopic (exact) mass is 275 g/mol. The second kappa shape index (κ2) is 6.25. The van der Waals surface area contributed by atoms with Gasteiger partial charge in [-0.25, -0.2) is 0 Å². The third kappa shape index (κ3) is 3.48.